The highest BCUT2D eigenvalue weighted by Crippen LogP contribution is 2.32. The first-order chi connectivity index (χ1) is 8.58. The predicted molar refractivity (Wildman–Crippen MR) is 63.6 cm³/mol. The van der Waals surface area contributed by atoms with Gasteiger partial charge < -0.3 is 14.6 Å². The molecule has 0 aliphatic heterocycles. The number of aromatic carboxylic acids is 1. The van der Waals surface area contributed by atoms with Gasteiger partial charge in [0.2, 0.25) is 0 Å². The molecule has 5 nitrogen and oxygen atoms in total. The van der Waals surface area contributed by atoms with Crippen molar-refractivity contribution in [3.63, 3.8) is 0 Å². The van der Waals surface area contributed by atoms with Crippen LogP contribution in [0.25, 0.3) is 0 Å². The van der Waals surface area contributed by atoms with Crippen molar-refractivity contribution in [3.8, 4) is 5.75 Å². The highest BCUT2D eigenvalue weighted by atomic mass is 35.5. The monoisotopic (exact) mass is 285 g/mol. The molecule has 0 saturated carbocycles. The molecule has 0 aliphatic rings. The minimum absolute atomic E-state index is 0.00324. The number of carboxylic acids is 1. The fourth-order valence-electron chi connectivity index (χ4n) is 1.29. The van der Waals surface area contributed by atoms with Gasteiger partial charge in [-0.15, -0.1) is 0 Å². The number of ether oxygens (including phenoxy) is 1. The van der Waals surface area contributed by atoms with E-state index in [0.717, 1.165) is 0 Å². The van der Waals surface area contributed by atoms with Crippen LogP contribution in [0.5, 0.6) is 5.75 Å². The topological polar surface area (TPSA) is 67.2 Å². The molecular weight excluding hydrogens is 279 g/mol. The van der Waals surface area contributed by atoms with Crippen LogP contribution in [0.4, 0.5) is 0 Å². The second kappa shape index (κ2) is 5.29. The zero-order chi connectivity index (χ0) is 13.1. The van der Waals surface area contributed by atoms with E-state index in [2.05, 4.69) is 5.10 Å². The van der Waals surface area contributed by atoms with Gasteiger partial charge in [0.1, 0.15) is 5.69 Å². The van der Waals surface area contributed by atoms with Crippen molar-refractivity contribution in [1.82, 2.24) is 9.78 Å². The second-order valence-corrected chi connectivity index (χ2v) is 4.17. The van der Waals surface area contributed by atoms with Gasteiger partial charge in [-0.05, 0) is 18.2 Å². The maximum absolute atomic E-state index is 10.5. The molecule has 0 atom stereocenters. The standard InChI is InChI=1S/C11H8Cl2N2O3/c12-7-2-1-3-8(13)10(7)18-6-15-5-4-9(14-15)11(16)17/h1-5H,6H2,(H,16,17)/p-1. The molecule has 0 radical (unpaired) electrons. The van der Waals surface area contributed by atoms with E-state index < -0.39 is 5.97 Å². The Hall–Kier alpha value is -1.72. The third-order valence-corrected chi connectivity index (χ3v) is 2.71. The molecule has 0 amide bonds. The second-order valence-electron chi connectivity index (χ2n) is 3.35. The van der Waals surface area contributed by atoms with Crippen molar-refractivity contribution in [2.24, 2.45) is 0 Å². The smallest absolute Gasteiger partial charge is 0.181 e. The summed E-state index contributed by atoms with van der Waals surface area (Å²) in [5.74, 6) is -1.02. The molecule has 2 rings (SSSR count). The van der Waals surface area contributed by atoms with E-state index in [-0.39, 0.29) is 12.4 Å². The molecule has 0 N–H and O–H groups in total. The first-order valence-electron chi connectivity index (χ1n) is 4.89. The molecule has 0 spiro atoms. The third-order valence-electron chi connectivity index (χ3n) is 2.11. The van der Waals surface area contributed by atoms with Crippen molar-refractivity contribution in [3.05, 3.63) is 46.2 Å². The van der Waals surface area contributed by atoms with Gasteiger partial charge in [0.25, 0.3) is 0 Å². The summed E-state index contributed by atoms with van der Waals surface area (Å²) in [6.45, 7) is -0.00324. The molecule has 1 aromatic heterocycles. The van der Waals surface area contributed by atoms with E-state index >= 15 is 0 Å². The zero-order valence-corrected chi connectivity index (χ0v) is 10.5. The molecule has 94 valence electrons. The summed E-state index contributed by atoms with van der Waals surface area (Å²) < 4.78 is 6.67. The van der Waals surface area contributed by atoms with Gasteiger partial charge in [0, 0.05) is 6.20 Å². The number of benzene rings is 1. The van der Waals surface area contributed by atoms with Gasteiger partial charge in [0.05, 0.1) is 16.0 Å². The summed E-state index contributed by atoms with van der Waals surface area (Å²) in [5, 5.41) is 15.0. The highest BCUT2D eigenvalue weighted by Gasteiger charge is 2.07. The van der Waals surface area contributed by atoms with Gasteiger partial charge in [0.15, 0.2) is 12.5 Å². The van der Waals surface area contributed by atoms with Crippen LogP contribution in [0, 0.1) is 0 Å². The number of carboxylic acid groups (broad SMARTS) is 1. The molecule has 7 heteroatoms. The maximum Gasteiger partial charge on any atom is 0.181 e. The van der Waals surface area contributed by atoms with E-state index in [1.807, 2.05) is 0 Å². The van der Waals surface area contributed by atoms with Crippen LogP contribution in [-0.4, -0.2) is 15.7 Å². The Morgan fingerprint density at radius 1 is 1.33 bits per heavy atom. The molecule has 0 aliphatic carbocycles. The van der Waals surface area contributed by atoms with Gasteiger partial charge in [-0.3, -0.25) is 0 Å². The number of para-hydroxylation sites is 1. The number of aromatic nitrogens is 2. The van der Waals surface area contributed by atoms with E-state index in [1.54, 1.807) is 18.2 Å². The van der Waals surface area contributed by atoms with E-state index in [4.69, 9.17) is 27.9 Å². The average Bonchev–Trinajstić information content (AvgIpc) is 2.77. The minimum atomic E-state index is -1.34. The molecule has 1 aromatic carbocycles. The fraction of sp³-hybridized carbons (Fsp3) is 0.0909. The van der Waals surface area contributed by atoms with E-state index in [0.29, 0.717) is 15.8 Å². The molecule has 0 bridgehead atoms. The number of hydrogen-bond acceptors (Lipinski definition) is 4. The molecule has 0 fully saturated rings. The molecule has 1 heterocycles. The van der Waals surface area contributed by atoms with Crippen molar-refractivity contribution >= 4 is 29.2 Å². The van der Waals surface area contributed by atoms with Gasteiger partial charge >= 0.3 is 0 Å². The Morgan fingerprint density at radius 2 is 2.00 bits per heavy atom. The highest BCUT2D eigenvalue weighted by molar-refractivity contribution is 6.37. The van der Waals surface area contributed by atoms with Crippen LogP contribution in [0.2, 0.25) is 10.0 Å². The number of carbonyl (C=O) groups excluding carboxylic acids is 1. The number of hydrogen-bond donors (Lipinski definition) is 0. The molecule has 18 heavy (non-hydrogen) atoms. The average molecular weight is 286 g/mol. The molecule has 0 unspecified atom stereocenters. The lowest BCUT2D eigenvalue weighted by atomic mass is 10.3. The van der Waals surface area contributed by atoms with Crippen LogP contribution >= 0.6 is 23.2 Å². The number of carbonyl (C=O) groups is 1. The Labute approximate surface area is 113 Å². The molecule has 0 saturated heterocycles. The largest absolute Gasteiger partial charge is 0.543 e. The van der Waals surface area contributed by atoms with Crippen LogP contribution in [0.1, 0.15) is 10.5 Å². The lowest BCUT2D eigenvalue weighted by Gasteiger charge is -2.09. The van der Waals surface area contributed by atoms with Crippen LogP contribution in [0.3, 0.4) is 0 Å². The summed E-state index contributed by atoms with van der Waals surface area (Å²) in [5.41, 5.74) is -0.163. The van der Waals surface area contributed by atoms with Crippen LogP contribution in [0.15, 0.2) is 30.5 Å². The summed E-state index contributed by atoms with van der Waals surface area (Å²) in [6.07, 6.45) is 1.45. The fourth-order valence-corrected chi connectivity index (χ4v) is 1.80. The van der Waals surface area contributed by atoms with Gasteiger partial charge in [-0.25, -0.2) is 4.68 Å². The zero-order valence-electron chi connectivity index (χ0n) is 8.97. The Morgan fingerprint density at radius 3 is 2.56 bits per heavy atom. The Kier molecular flexibility index (Phi) is 3.74. The van der Waals surface area contributed by atoms with E-state index in [9.17, 15) is 9.90 Å². The normalized spacial score (nSPS) is 10.3. The lowest BCUT2D eigenvalue weighted by molar-refractivity contribution is -0.255. The number of rotatable bonds is 4. The predicted octanol–water partition coefficient (Wildman–Crippen LogP) is 1.59. The molecule has 2 aromatic rings. The van der Waals surface area contributed by atoms with Gasteiger partial charge in [-0.2, -0.15) is 5.10 Å². The number of halogens is 2. The first-order valence-corrected chi connectivity index (χ1v) is 5.65. The number of nitrogens with zero attached hydrogens (tertiary/aromatic N) is 2. The van der Waals surface area contributed by atoms with E-state index in [1.165, 1.54) is 16.9 Å². The minimum Gasteiger partial charge on any atom is -0.543 e. The SMILES string of the molecule is O=C([O-])c1ccn(COc2c(Cl)cccc2Cl)n1. The van der Waals surface area contributed by atoms with Crippen molar-refractivity contribution < 1.29 is 14.6 Å². The maximum atomic E-state index is 10.5. The third kappa shape index (κ3) is 2.75. The molecular formula is C11H7Cl2N2O3-. The summed E-state index contributed by atoms with van der Waals surface area (Å²) in [6, 6.07) is 6.28. The lowest BCUT2D eigenvalue weighted by Crippen LogP contribution is -2.23. The quantitative estimate of drug-likeness (QED) is 0.856. The summed E-state index contributed by atoms with van der Waals surface area (Å²) >= 11 is 11.8. The van der Waals surface area contributed by atoms with Crippen LogP contribution < -0.4 is 9.84 Å². The van der Waals surface area contributed by atoms with Crippen molar-refractivity contribution in [2.75, 3.05) is 0 Å². The van der Waals surface area contributed by atoms with Gasteiger partial charge in [-0.1, -0.05) is 29.3 Å². The summed E-state index contributed by atoms with van der Waals surface area (Å²) in [4.78, 5) is 10.5. The van der Waals surface area contributed by atoms with Crippen molar-refractivity contribution in [2.45, 2.75) is 6.73 Å². The van der Waals surface area contributed by atoms with Crippen LogP contribution in [-0.2, 0) is 6.73 Å². The summed E-state index contributed by atoms with van der Waals surface area (Å²) in [7, 11) is 0. The first kappa shape index (κ1) is 12.7. The Bertz CT molecular complexity index is 563. The van der Waals surface area contributed by atoms with Crippen molar-refractivity contribution in [1.29, 1.82) is 0 Å². The Balaban J connectivity index is 2.09.